The Morgan fingerprint density at radius 1 is 1.39 bits per heavy atom. The van der Waals surface area contributed by atoms with Crippen LogP contribution in [-0.2, 0) is 13.6 Å². The van der Waals surface area contributed by atoms with Gasteiger partial charge in [0.2, 0.25) is 5.88 Å². The van der Waals surface area contributed by atoms with E-state index in [0.717, 1.165) is 11.5 Å². The standard InChI is InChI=1S/C11H16N6O/c1-8(11-13-7-17(2)16-11)12-6-9-4-5-10(18-3)15-14-9/h4-5,7-8,12H,6H2,1-3H3/t8-/m1/s1. The molecule has 2 rings (SSSR count). The van der Waals surface area contributed by atoms with E-state index in [1.54, 1.807) is 24.2 Å². The second-order valence-electron chi connectivity index (χ2n) is 3.95. The number of aryl methyl sites for hydroxylation is 1. The van der Waals surface area contributed by atoms with E-state index in [2.05, 4.69) is 25.6 Å². The summed E-state index contributed by atoms with van der Waals surface area (Å²) in [7, 11) is 3.41. The largest absolute Gasteiger partial charge is 0.480 e. The maximum absolute atomic E-state index is 4.95. The van der Waals surface area contributed by atoms with Gasteiger partial charge in [-0.3, -0.25) is 4.68 Å². The highest BCUT2D eigenvalue weighted by molar-refractivity contribution is 5.11. The Bertz CT molecular complexity index is 494. The molecule has 2 aromatic rings. The highest BCUT2D eigenvalue weighted by atomic mass is 16.5. The molecule has 0 unspecified atom stereocenters. The second kappa shape index (κ2) is 5.54. The minimum absolute atomic E-state index is 0.0649. The zero-order valence-electron chi connectivity index (χ0n) is 10.7. The SMILES string of the molecule is COc1ccc(CN[C@H](C)c2ncn(C)n2)nn1. The highest BCUT2D eigenvalue weighted by Crippen LogP contribution is 2.07. The van der Waals surface area contributed by atoms with E-state index in [1.807, 2.05) is 20.0 Å². The van der Waals surface area contributed by atoms with Crippen molar-refractivity contribution in [3.8, 4) is 5.88 Å². The van der Waals surface area contributed by atoms with Gasteiger partial charge in [-0.05, 0) is 13.0 Å². The topological polar surface area (TPSA) is 77.8 Å². The summed E-state index contributed by atoms with van der Waals surface area (Å²) in [6.45, 7) is 2.61. The van der Waals surface area contributed by atoms with Gasteiger partial charge in [0.25, 0.3) is 0 Å². The van der Waals surface area contributed by atoms with E-state index in [4.69, 9.17) is 4.74 Å². The Morgan fingerprint density at radius 2 is 2.22 bits per heavy atom. The Labute approximate surface area is 105 Å². The Balaban J connectivity index is 1.90. The molecule has 96 valence electrons. The fraction of sp³-hybridized carbons (Fsp3) is 0.455. The fourth-order valence-electron chi connectivity index (χ4n) is 1.45. The van der Waals surface area contributed by atoms with Gasteiger partial charge in [-0.15, -0.1) is 5.10 Å². The van der Waals surface area contributed by atoms with Crippen molar-refractivity contribution in [2.24, 2.45) is 7.05 Å². The molecule has 0 fully saturated rings. The molecule has 7 nitrogen and oxygen atoms in total. The van der Waals surface area contributed by atoms with E-state index in [-0.39, 0.29) is 6.04 Å². The molecule has 0 saturated carbocycles. The summed E-state index contributed by atoms with van der Waals surface area (Å²) in [5.74, 6) is 1.28. The first-order valence-corrected chi connectivity index (χ1v) is 5.64. The minimum atomic E-state index is 0.0649. The van der Waals surface area contributed by atoms with Gasteiger partial charge in [0.15, 0.2) is 5.82 Å². The Kier molecular flexibility index (Phi) is 3.83. The zero-order valence-corrected chi connectivity index (χ0v) is 10.7. The zero-order chi connectivity index (χ0) is 13.0. The molecule has 2 aromatic heterocycles. The summed E-state index contributed by atoms with van der Waals surface area (Å²) in [4.78, 5) is 4.19. The molecule has 0 spiro atoms. The third-order valence-corrected chi connectivity index (χ3v) is 2.50. The molecule has 0 saturated heterocycles. The normalized spacial score (nSPS) is 12.4. The molecule has 7 heteroatoms. The van der Waals surface area contributed by atoms with Crippen LogP contribution < -0.4 is 10.1 Å². The molecule has 1 N–H and O–H groups in total. The van der Waals surface area contributed by atoms with Crippen molar-refractivity contribution in [2.45, 2.75) is 19.5 Å². The van der Waals surface area contributed by atoms with E-state index in [9.17, 15) is 0 Å². The number of nitrogens with zero attached hydrogens (tertiary/aromatic N) is 5. The van der Waals surface area contributed by atoms with Crippen LogP contribution in [0.3, 0.4) is 0 Å². The third-order valence-electron chi connectivity index (χ3n) is 2.50. The number of hydrogen-bond donors (Lipinski definition) is 1. The minimum Gasteiger partial charge on any atom is -0.480 e. The van der Waals surface area contributed by atoms with Crippen molar-refractivity contribution in [3.05, 3.63) is 30.0 Å². The third kappa shape index (κ3) is 3.01. The van der Waals surface area contributed by atoms with Gasteiger partial charge < -0.3 is 10.1 Å². The van der Waals surface area contributed by atoms with Crippen molar-refractivity contribution in [3.63, 3.8) is 0 Å². The van der Waals surface area contributed by atoms with Crippen LogP contribution in [0.5, 0.6) is 5.88 Å². The number of hydrogen-bond acceptors (Lipinski definition) is 6. The number of ether oxygens (including phenoxy) is 1. The second-order valence-corrected chi connectivity index (χ2v) is 3.95. The predicted octanol–water partition coefficient (Wildman–Crippen LogP) is 0.464. The summed E-state index contributed by atoms with van der Waals surface area (Å²) in [6.07, 6.45) is 1.68. The van der Waals surface area contributed by atoms with Gasteiger partial charge >= 0.3 is 0 Å². The van der Waals surface area contributed by atoms with Crippen LogP contribution in [0, 0.1) is 0 Å². The molecule has 0 aliphatic carbocycles. The quantitative estimate of drug-likeness (QED) is 0.828. The predicted molar refractivity (Wildman–Crippen MR) is 64.8 cm³/mol. The first-order chi connectivity index (χ1) is 8.69. The van der Waals surface area contributed by atoms with Crippen molar-refractivity contribution in [1.29, 1.82) is 0 Å². The van der Waals surface area contributed by atoms with Crippen LogP contribution in [0.15, 0.2) is 18.5 Å². The van der Waals surface area contributed by atoms with E-state index in [1.165, 1.54) is 0 Å². The smallest absolute Gasteiger partial charge is 0.233 e. The van der Waals surface area contributed by atoms with Gasteiger partial charge in [0, 0.05) is 19.7 Å². The number of nitrogens with one attached hydrogen (secondary N) is 1. The lowest BCUT2D eigenvalue weighted by Crippen LogP contribution is -2.20. The molecular weight excluding hydrogens is 232 g/mol. The molecule has 2 heterocycles. The maximum atomic E-state index is 4.95. The van der Waals surface area contributed by atoms with Crippen molar-refractivity contribution in [2.75, 3.05) is 7.11 Å². The van der Waals surface area contributed by atoms with E-state index >= 15 is 0 Å². The van der Waals surface area contributed by atoms with Gasteiger partial charge in [0.1, 0.15) is 6.33 Å². The first-order valence-electron chi connectivity index (χ1n) is 5.64. The lowest BCUT2D eigenvalue weighted by Gasteiger charge is -2.09. The van der Waals surface area contributed by atoms with Crippen LogP contribution in [0.4, 0.5) is 0 Å². The first kappa shape index (κ1) is 12.4. The van der Waals surface area contributed by atoms with Crippen LogP contribution in [0.2, 0.25) is 0 Å². The molecule has 0 aliphatic rings. The molecular formula is C11H16N6O. The molecule has 0 aliphatic heterocycles. The molecule has 0 aromatic carbocycles. The summed E-state index contributed by atoms with van der Waals surface area (Å²) >= 11 is 0. The van der Waals surface area contributed by atoms with E-state index in [0.29, 0.717) is 12.4 Å². The summed E-state index contributed by atoms with van der Waals surface area (Å²) in [6, 6.07) is 3.72. The lowest BCUT2D eigenvalue weighted by molar-refractivity contribution is 0.390. The number of aromatic nitrogens is 5. The van der Waals surface area contributed by atoms with Crippen molar-refractivity contribution >= 4 is 0 Å². The van der Waals surface area contributed by atoms with Gasteiger partial charge in [-0.1, -0.05) is 0 Å². The summed E-state index contributed by atoms with van der Waals surface area (Å²) < 4.78 is 6.63. The summed E-state index contributed by atoms with van der Waals surface area (Å²) in [5, 5.41) is 15.5. The molecule has 18 heavy (non-hydrogen) atoms. The Hall–Kier alpha value is -2.02. The Morgan fingerprint density at radius 3 is 2.78 bits per heavy atom. The van der Waals surface area contributed by atoms with Crippen molar-refractivity contribution < 1.29 is 4.74 Å². The van der Waals surface area contributed by atoms with Gasteiger partial charge in [-0.25, -0.2) is 4.98 Å². The molecule has 1 atom stereocenters. The average Bonchev–Trinajstić information content (AvgIpc) is 2.83. The number of rotatable bonds is 5. The molecule has 0 radical (unpaired) electrons. The van der Waals surface area contributed by atoms with Gasteiger partial charge in [0.05, 0.1) is 18.8 Å². The number of methoxy groups -OCH3 is 1. The van der Waals surface area contributed by atoms with Crippen LogP contribution in [-0.4, -0.2) is 32.1 Å². The maximum Gasteiger partial charge on any atom is 0.233 e. The van der Waals surface area contributed by atoms with Crippen LogP contribution in [0.1, 0.15) is 24.5 Å². The average molecular weight is 248 g/mol. The fourth-order valence-corrected chi connectivity index (χ4v) is 1.45. The monoisotopic (exact) mass is 248 g/mol. The van der Waals surface area contributed by atoms with Gasteiger partial charge in [-0.2, -0.15) is 10.2 Å². The van der Waals surface area contributed by atoms with Crippen molar-refractivity contribution in [1.82, 2.24) is 30.3 Å². The lowest BCUT2D eigenvalue weighted by atomic mass is 10.3. The molecule has 0 amide bonds. The van der Waals surface area contributed by atoms with E-state index < -0.39 is 0 Å². The van der Waals surface area contributed by atoms with Crippen LogP contribution >= 0.6 is 0 Å². The molecule has 0 bridgehead atoms. The summed E-state index contributed by atoms with van der Waals surface area (Å²) in [5.41, 5.74) is 0.846. The van der Waals surface area contributed by atoms with Crippen LogP contribution in [0.25, 0.3) is 0 Å². The highest BCUT2D eigenvalue weighted by Gasteiger charge is 2.09.